The number of Topliss-reactive ketones (excluding diaryl/α,β-unsaturated/α-hetero) is 2. The highest BCUT2D eigenvalue weighted by molar-refractivity contribution is 14.1. The Morgan fingerprint density at radius 1 is 1.23 bits per heavy atom. The van der Waals surface area contributed by atoms with E-state index >= 15 is 0 Å². The number of nitrogens with zero attached hydrogens (tertiary/aromatic N) is 1. The summed E-state index contributed by atoms with van der Waals surface area (Å²) in [6.45, 7) is 1.58. The van der Waals surface area contributed by atoms with E-state index in [2.05, 4.69) is 27.9 Å². The standard InChI is InChI=1S/C17H21IN2O2/c1-20(2)8-7-19-11-14-16(21)9-12(10-17(14)22)13-5-3-4-6-15(13)18/h3-6,11-12,19H,7-10H2,1-2H3. The molecule has 1 aliphatic carbocycles. The summed E-state index contributed by atoms with van der Waals surface area (Å²) in [7, 11) is 3.97. The van der Waals surface area contributed by atoms with Crippen LogP contribution >= 0.6 is 22.6 Å². The number of carbonyl (C=O) groups is 2. The highest BCUT2D eigenvalue weighted by Gasteiger charge is 2.31. The van der Waals surface area contributed by atoms with Crippen molar-refractivity contribution in [1.29, 1.82) is 0 Å². The molecule has 1 aromatic rings. The lowest BCUT2D eigenvalue weighted by Crippen LogP contribution is -2.28. The van der Waals surface area contributed by atoms with Crippen molar-refractivity contribution in [2.75, 3.05) is 27.2 Å². The van der Waals surface area contributed by atoms with Crippen LogP contribution in [0.2, 0.25) is 0 Å². The van der Waals surface area contributed by atoms with E-state index in [4.69, 9.17) is 0 Å². The number of likely N-dealkylation sites (N-methyl/N-ethyl adjacent to an activating group) is 1. The number of allylic oxidation sites excluding steroid dienone is 1. The molecule has 1 saturated carbocycles. The first-order valence-corrected chi connectivity index (χ1v) is 8.46. The first-order chi connectivity index (χ1) is 10.5. The molecule has 0 spiro atoms. The fourth-order valence-corrected chi connectivity index (χ4v) is 3.37. The third kappa shape index (κ3) is 4.39. The minimum Gasteiger partial charge on any atom is -0.389 e. The number of hydrogen-bond acceptors (Lipinski definition) is 4. The molecule has 2 rings (SSSR count). The van der Waals surface area contributed by atoms with Crippen molar-refractivity contribution >= 4 is 34.2 Å². The Morgan fingerprint density at radius 2 is 1.86 bits per heavy atom. The van der Waals surface area contributed by atoms with Gasteiger partial charge in [-0.25, -0.2) is 0 Å². The maximum atomic E-state index is 12.3. The lowest BCUT2D eigenvalue weighted by Gasteiger charge is -2.23. The number of nitrogens with one attached hydrogen (secondary N) is 1. The van der Waals surface area contributed by atoms with Crippen LogP contribution in [0.3, 0.4) is 0 Å². The minimum absolute atomic E-state index is 0.00650. The fraction of sp³-hybridized carbons (Fsp3) is 0.412. The van der Waals surface area contributed by atoms with E-state index in [0.717, 1.165) is 22.2 Å². The highest BCUT2D eigenvalue weighted by Crippen LogP contribution is 2.33. The van der Waals surface area contributed by atoms with Gasteiger partial charge in [0.05, 0.1) is 5.57 Å². The Kier molecular flexibility index (Phi) is 6.14. The lowest BCUT2D eigenvalue weighted by atomic mass is 9.80. The second-order valence-electron chi connectivity index (χ2n) is 5.79. The number of ketones is 2. The third-order valence-electron chi connectivity index (χ3n) is 3.76. The minimum atomic E-state index is -0.0572. The van der Waals surface area contributed by atoms with Crippen molar-refractivity contribution < 1.29 is 9.59 Å². The molecule has 0 unspecified atom stereocenters. The predicted molar refractivity (Wildman–Crippen MR) is 95.8 cm³/mol. The van der Waals surface area contributed by atoms with Crippen molar-refractivity contribution in [2.45, 2.75) is 18.8 Å². The van der Waals surface area contributed by atoms with Crippen LogP contribution in [0.1, 0.15) is 24.3 Å². The molecular weight excluding hydrogens is 391 g/mol. The van der Waals surface area contributed by atoms with Crippen molar-refractivity contribution in [1.82, 2.24) is 10.2 Å². The lowest BCUT2D eigenvalue weighted by molar-refractivity contribution is -0.124. The number of benzene rings is 1. The largest absolute Gasteiger partial charge is 0.389 e. The first-order valence-electron chi connectivity index (χ1n) is 7.38. The van der Waals surface area contributed by atoms with E-state index in [1.54, 1.807) is 6.20 Å². The molecule has 0 amide bonds. The summed E-state index contributed by atoms with van der Waals surface area (Å²) in [5, 5.41) is 3.07. The van der Waals surface area contributed by atoms with Gasteiger partial charge in [-0.1, -0.05) is 18.2 Å². The quantitative estimate of drug-likeness (QED) is 0.349. The molecular formula is C17H21IN2O2. The van der Waals surface area contributed by atoms with Crippen LogP contribution in [-0.4, -0.2) is 43.7 Å². The Balaban J connectivity index is 2.03. The zero-order valence-corrected chi connectivity index (χ0v) is 15.1. The molecule has 4 nitrogen and oxygen atoms in total. The van der Waals surface area contributed by atoms with Crippen LogP contribution in [0.25, 0.3) is 0 Å². The van der Waals surface area contributed by atoms with E-state index in [9.17, 15) is 9.59 Å². The molecule has 5 heteroatoms. The summed E-state index contributed by atoms with van der Waals surface area (Å²) < 4.78 is 1.11. The second-order valence-corrected chi connectivity index (χ2v) is 6.95. The van der Waals surface area contributed by atoms with Gasteiger partial charge >= 0.3 is 0 Å². The summed E-state index contributed by atoms with van der Waals surface area (Å²) in [5.74, 6) is -0.108. The molecule has 1 aliphatic rings. The van der Waals surface area contributed by atoms with Gasteiger partial charge in [-0.15, -0.1) is 0 Å². The molecule has 1 fully saturated rings. The molecule has 0 aromatic heterocycles. The molecule has 0 bridgehead atoms. The SMILES string of the molecule is CN(C)CCNC=C1C(=O)CC(c2ccccc2I)CC1=O. The first kappa shape index (κ1) is 17.1. The Bertz CT molecular complexity index is 576. The number of carbonyl (C=O) groups excluding carboxylic acids is 2. The molecule has 0 radical (unpaired) electrons. The van der Waals surface area contributed by atoms with Crippen LogP contribution in [0.4, 0.5) is 0 Å². The summed E-state index contributed by atoms with van der Waals surface area (Å²) >= 11 is 2.26. The Morgan fingerprint density at radius 3 is 2.45 bits per heavy atom. The average Bonchev–Trinajstić information content (AvgIpc) is 2.45. The van der Waals surface area contributed by atoms with Gasteiger partial charge in [0.25, 0.3) is 0 Å². The summed E-state index contributed by atoms with van der Waals surface area (Å²) in [6.07, 6.45) is 2.42. The van der Waals surface area contributed by atoms with Gasteiger partial charge in [-0.2, -0.15) is 0 Å². The summed E-state index contributed by atoms with van der Waals surface area (Å²) in [5.41, 5.74) is 1.42. The van der Waals surface area contributed by atoms with Crippen molar-refractivity contribution in [3.63, 3.8) is 0 Å². The summed E-state index contributed by atoms with van der Waals surface area (Å²) in [4.78, 5) is 26.6. The number of rotatable bonds is 5. The summed E-state index contributed by atoms with van der Waals surface area (Å²) in [6, 6.07) is 7.95. The van der Waals surface area contributed by atoms with Crippen molar-refractivity contribution in [3.05, 3.63) is 45.2 Å². The number of halogens is 1. The number of hydrogen-bond donors (Lipinski definition) is 1. The van der Waals surface area contributed by atoms with Gasteiger partial charge in [0.15, 0.2) is 11.6 Å². The highest BCUT2D eigenvalue weighted by atomic mass is 127. The molecule has 1 aromatic carbocycles. The van der Waals surface area contributed by atoms with Gasteiger partial charge in [0, 0.05) is 35.7 Å². The van der Waals surface area contributed by atoms with Crippen LogP contribution < -0.4 is 5.32 Å². The zero-order valence-electron chi connectivity index (χ0n) is 12.9. The maximum Gasteiger partial charge on any atom is 0.168 e. The predicted octanol–water partition coefficient (Wildman–Crippen LogP) is 2.34. The van der Waals surface area contributed by atoms with E-state index in [1.807, 2.05) is 43.3 Å². The van der Waals surface area contributed by atoms with Crippen molar-refractivity contribution in [2.24, 2.45) is 0 Å². The molecule has 0 aliphatic heterocycles. The molecule has 0 heterocycles. The van der Waals surface area contributed by atoms with E-state index in [-0.39, 0.29) is 17.5 Å². The van der Waals surface area contributed by atoms with E-state index < -0.39 is 0 Å². The molecule has 118 valence electrons. The van der Waals surface area contributed by atoms with Crippen LogP contribution in [0, 0.1) is 3.57 Å². The van der Waals surface area contributed by atoms with Gasteiger partial charge in [0.1, 0.15) is 0 Å². The fourth-order valence-electron chi connectivity index (χ4n) is 2.54. The van der Waals surface area contributed by atoms with E-state index in [0.29, 0.717) is 18.4 Å². The molecule has 1 N–H and O–H groups in total. The Hall–Kier alpha value is -1.21. The second kappa shape index (κ2) is 7.87. The van der Waals surface area contributed by atoms with Gasteiger partial charge in [-0.05, 0) is 54.2 Å². The zero-order chi connectivity index (χ0) is 16.1. The third-order valence-corrected chi connectivity index (χ3v) is 4.74. The average molecular weight is 412 g/mol. The van der Waals surface area contributed by atoms with Gasteiger partial charge < -0.3 is 10.2 Å². The van der Waals surface area contributed by atoms with Crippen LogP contribution in [0.5, 0.6) is 0 Å². The molecule has 0 saturated heterocycles. The topological polar surface area (TPSA) is 49.4 Å². The Labute approximate surface area is 145 Å². The normalized spacial score (nSPS) is 18.7. The monoisotopic (exact) mass is 412 g/mol. The van der Waals surface area contributed by atoms with Crippen LogP contribution in [0.15, 0.2) is 36.0 Å². The maximum absolute atomic E-state index is 12.3. The molecule has 22 heavy (non-hydrogen) atoms. The van der Waals surface area contributed by atoms with Gasteiger partial charge in [0.2, 0.25) is 0 Å². The molecule has 0 atom stereocenters. The smallest absolute Gasteiger partial charge is 0.168 e. The van der Waals surface area contributed by atoms with Crippen molar-refractivity contribution in [3.8, 4) is 0 Å². The van der Waals surface area contributed by atoms with Gasteiger partial charge in [-0.3, -0.25) is 9.59 Å². The van der Waals surface area contributed by atoms with Crippen LogP contribution in [-0.2, 0) is 9.59 Å². The van der Waals surface area contributed by atoms with E-state index in [1.165, 1.54) is 0 Å².